The molecule has 1 fully saturated rings. The molecule has 1 aliphatic carbocycles. The minimum absolute atomic E-state index is 0.270. The molecule has 2 nitrogen and oxygen atoms in total. The second-order valence-corrected chi connectivity index (χ2v) is 5.43. The molecule has 2 heteroatoms. The van der Waals surface area contributed by atoms with Gasteiger partial charge in [-0.2, -0.15) is 0 Å². The van der Waals surface area contributed by atoms with Crippen LogP contribution in [0.15, 0.2) is 12.7 Å². The fourth-order valence-corrected chi connectivity index (χ4v) is 3.08. The van der Waals surface area contributed by atoms with E-state index in [1.807, 2.05) is 13.0 Å². The molecule has 17 heavy (non-hydrogen) atoms. The van der Waals surface area contributed by atoms with Crippen LogP contribution in [0, 0.1) is 5.92 Å². The van der Waals surface area contributed by atoms with Crippen LogP contribution in [0.4, 0.5) is 0 Å². The minimum atomic E-state index is -0.315. The highest BCUT2D eigenvalue weighted by atomic mass is 16.5. The third-order valence-corrected chi connectivity index (χ3v) is 3.92. The Balaban J connectivity index is 2.58. The summed E-state index contributed by atoms with van der Waals surface area (Å²) in [5.74, 6) is 0.671. The predicted octanol–water partition coefficient (Wildman–Crippen LogP) is 3.69. The number of aliphatic hydroxyl groups excluding tert-OH is 1. The van der Waals surface area contributed by atoms with Crippen LogP contribution in [0.3, 0.4) is 0 Å². The fraction of sp³-hybridized carbons (Fsp3) is 0.867. The van der Waals surface area contributed by atoms with Gasteiger partial charge in [-0.15, -0.1) is 6.58 Å². The largest absolute Gasteiger partial charge is 0.390 e. The van der Waals surface area contributed by atoms with Gasteiger partial charge in [0.15, 0.2) is 0 Å². The fourth-order valence-electron chi connectivity index (χ4n) is 3.08. The van der Waals surface area contributed by atoms with Crippen LogP contribution in [0.1, 0.15) is 58.8 Å². The summed E-state index contributed by atoms with van der Waals surface area (Å²) in [6, 6.07) is 0. The van der Waals surface area contributed by atoms with Crippen LogP contribution >= 0.6 is 0 Å². The van der Waals surface area contributed by atoms with Gasteiger partial charge < -0.3 is 9.84 Å². The lowest BCUT2D eigenvalue weighted by atomic mass is 9.74. The molecule has 1 aliphatic rings. The van der Waals surface area contributed by atoms with Crippen molar-refractivity contribution < 1.29 is 9.84 Å². The number of ether oxygens (including phenoxy) is 1. The molecule has 0 aromatic heterocycles. The van der Waals surface area contributed by atoms with Gasteiger partial charge in [0.2, 0.25) is 0 Å². The minimum Gasteiger partial charge on any atom is -0.390 e. The Bertz CT molecular complexity index is 223. The van der Waals surface area contributed by atoms with E-state index in [9.17, 15) is 5.11 Å². The third kappa shape index (κ3) is 4.11. The van der Waals surface area contributed by atoms with Crippen molar-refractivity contribution in [1.82, 2.24) is 0 Å². The Morgan fingerprint density at radius 2 is 2.35 bits per heavy atom. The lowest BCUT2D eigenvalue weighted by molar-refractivity contribution is -0.149. The first kappa shape index (κ1) is 14.7. The zero-order chi connectivity index (χ0) is 12.7. The van der Waals surface area contributed by atoms with Crippen molar-refractivity contribution in [1.29, 1.82) is 0 Å². The van der Waals surface area contributed by atoms with Gasteiger partial charge in [0.25, 0.3) is 0 Å². The van der Waals surface area contributed by atoms with Crippen molar-refractivity contribution in [2.45, 2.75) is 70.5 Å². The van der Waals surface area contributed by atoms with Crippen molar-refractivity contribution in [3.05, 3.63) is 12.7 Å². The number of hydrogen-bond acceptors (Lipinski definition) is 2. The molecule has 0 radical (unpaired) electrons. The maximum absolute atomic E-state index is 10.4. The Hall–Kier alpha value is -0.340. The summed E-state index contributed by atoms with van der Waals surface area (Å²) in [6.07, 6.45) is 8.90. The molecular weight excluding hydrogens is 212 g/mol. The summed E-state index contributed by atoms with van der Waals surface area (Å²) in [5.41, 5.74) is -0.270. The molecule has 0 saturated heterocycles. The van der Waals surface area contributed by atoms with Crippen molar-refractivity contribution >= 4 is 0 Å². The first-order valence-electron chi connectivity index (χ1n) is 7.07. The lowest BCUT2D eigenvalue weighted by Gasteiger charge is -2.43. The highest BCUT2D eigenvalue weighted by Crippen LogP contribution is 2.39. The monoisotopic (exact) mass is 240 g/mol. The van der Waals surface area contributed by atoms with Gasteiger partial charge in [-0.3, -0.25) is 0 Å². The lowest BCUT2D eigenvalue weighted by Crippen LogP contribution is -2.48. The van der Waals surface area contributed by atoms with E-state index < -0.39 is 0 Å². The molecule has 1 rings (SSSR count). The zero-order valence-corrected chi connectivity index (χ0v) is 11.5. The molecule has 0 aromatic rings. The molecule has 0 aliphatic heterocycles. The molecule has 0 heterocycles. The predicted molar refractivity (Wildman–Crippen MR) is 72.0 cm³/mol. The number of hydrogen-bond donors (Lipinski definition) is 1. The Morgan fingerprint density at radius 1 is 1.59 bits per heavy atom. The number of unbranched alkanes of at least 4 members (excludes halogenated alkanes) is 1. The Kier molecular flexibility index (Phi) is 6.21. The summed E-state index contributed by atoms with van der Waals surface area (Å²) in [5, 5.41) is 10.4. The number of allylic oxidation sites excluding steroid dienone is 1. The van der Waals surface area contributed by atoms with Crippen LogP contribution in [-0.4, -0.2) is 23.4 Å². The van der Waals surface area contributed by atoms with Crippen LogP contribution in [0.5, 0.6) is 0 Å². The Labute approximate surface area is 106 Å². The van der Waals surface area contributed by atoms with Crippen LogP contribution in [0.2, 0.25) is 0 Å². The second-order valence-electron chi connectivity index (χ2n) is 5.43. The van der Waals surface area contributed by atoms with Crippen LogP contribution in [-0.2, 0) is 4.74 Å². The van der Waals surface area contributed by atoms with Gasteiger partial charge in [0.05, 0.1) is 11.7 Å². The Morgan fingerprint density at radius 3 is 2.94 bits per heavy atom. The summed E-state index contributed by atoms with van der Waals surface area (Å²) in [7, 11) is 0. The SMILES string of the molecule is C=CCCCC(O)C1(OCC)CCCC(C)C1. The molecule has 100 valence electrons. The van der Waals surface area contributed by atoms with Crippen molar-refractivity contribution in [2.24, 2.45) is 5.92 Å². The molecular formula is C15H28O2. The molecule has 0 aromatic carbocycles. The molecule has 0 spiro atoms. The smallest absolute Gasteiger partial charge is 0.0942 e. The van der Waals surface area contributed by atoms with Crippen molar-refractivity contribution in [3.63, 3.8) is 0 Å². The van der Waals surface area contributed by atoms with E-state index in [1.165, 1.54) is 12.8 Å². The quantitative estimate of drug-likeness (QED) is 0.543. The van der Waals surface area contributed by atoms with Crippen LogP contribution in [0.25, 0.3) is 0 Å². The van der Waals surface area contributed by atoms with Gasteiger partial charge in [0.1, 0.15) is 0 Å². The first-order chi connectivity index (χ1) is 8.14. The number of aliphatic hydroxyl groups is 1. The first-order valence-corrected chi connectivity index (χ1v) is 7.07. The van der Waals surface area contributed by atoms with Crippen molar-refractivity contribution in [2.75, 3.05) is 6.61 Å². The normalized spacial score (nSPS) is 31.1. The van der Waals surface area contributed by atoms with E-state index in [2.05, 4.69) is 13.5 Å². The molecule has 1 saturated carbocycles. The summed E-state index contributed by atoms with van der Waals surface area (Å²) >= 11 is 0. The van der Waals surface area contributed by atoms with Gasteiger partial charge in [-0.25, -0.2) is 0 Å². The molecule has 3 unspecified atom stereocenters. The van der Waals surface area contributed by atoms with E-state index in [4.69, 9.17) is 4.74 Å². The highest BCUT2D eigenvalue weighted by Gasteiger charge is 2.41. The van der Waals surface area contributed by atoms with E-state index in [0.29, 0.717) is 12.5 Å². The molecule has 3 atom stereocenters. The van der Waals surface area contributed by atoms with E-state index in [-0.39, 0.29) is 11.7 Å². The molecule has 0 amide bonds. The van der Waals surface area contributed by atoms with E-state index >= 15 is 0 Å². The topological polar surface area (TPSA) is 29.5 Å². The highest BCUT2D eigenvalue weighted by molar-refractivity contribution is 4.93. The maximum atomic E-state index is 10.4. The summed E-state index contributed by atoms with van der Waals surface area (Å²) in [6.45, 7) is 8.72. The average molecular weight is 240 g/mol. The molecule has 1 N–H and O–H groups in total. The summed E-state index contributed by atoms with van der Waals surface area (Å²) in [4.78, 5) is 0. The summed E-state index contributed by atoms with van der Waals surface area (Å²) < 4.78 is 5.96. The second kappa shape index (κ2) is 7.17. The zero-order valence-electron chi connectivity index (χ0n) is 11.5. The van der Waals surface area contributed by atoms with Crippen LogP contribution < -0.4 is 0 Å². The van der Waals surface area contributed by atoms with Gasteiger partial charge in [-0.1, -0.05) is 25.8 Å². The van der Waals surface area contributed by atoms with E-state index in [0.717, 1.165) is 32.1 Å². The van der Waals surface area contributed by atoms with Gasteiger partial charge in [-0.05, 0) is 44.9 Å². The average Bonchev–Trinajstić information content (AvgIpc) is 2.29. The standard InChI is InChI=1S/C15H28O2/c1-4-6-7-10-14(16)15(17-5-2)11-8-9-13(3)12-15/h4,13-14,16H,1,5-12H2,2-3H3. The van der Waals surface area contributed by atoms with Crippen molar-refractivity contribution in [3.8, 4) is 0 Å². The van der Waals surface area contributed by atoms with E-state index in [1.54, 1.807) is 0 Å². The molecule has 0 bridgehead atoms. The number of rotatable bonds is 7. The van der Waals surface area contributed by atoms with Gasteiger partial charge >= 0.3 is 0 Å². The third-order valence-electron chi connectivity index (χ3n) is 3.92. The maximum Gasteiger partial charge on any atom is 0.0942 e. The van der Waals surface area contributed by atoms with Gasteiger partial charge in [0, 0.05) is 6.61 Å².